The largest absolute Gasteiger partial charge is 0.366 e. The molecule has 0 aliphatic carbocycles. The Morgan fingerprint density at radius 1 is 1.67 bits per heavy atom. The Hall–Kier alpha value is -1.03. The van der Waals surface area contributed by atoms with Gasteiger partial charge in [-0.3, -0.25) is 4.79 Å². The van der Waals surface area contributed by atoms with Gasteiger partial charge in [-0.05, 0) is 34.1 Å². The molecule has 0 saturated carbocycles. The Labute approximate surface area is 79.0 Å². The molecule has 1 amide bonds. The summed E-state index contributed by atoms with van der Waals surface area (Å²) in [6.45, 7) is 0. The van der Waals surface area contributed by atoms with Gasteiger partial charge in [-0.1, -0.05) is 0 Å². The fraction of sp³-hybridized carbons (Fsp3) is 0.125. The lowest BCUT2D eigenvalue weighted by atomic mass is 10.4. The minimum Gasteiger partial charge on any atom is -0.366 e. The van der Waals surface area contributed by atoms with Gasteiger partial charge in [0.15, 0.2) is 0 Å². The number of primary amides is 1. The molecule has 1 rings (SSSR count). The molecule has 0 aromatic carbocycles. The Bertz CT molecular complexity index is 328. The van der Waals surface area contributed by atoms with E-state index in [1.807, 2.05) is 23.7 Å². The summed E-state index contributed by atoms with van der Waals surface area (Å²) in [7, 11) is 1.89. The normalized spacial score (nSPS) is 10.8. The standard InChI is InChI=1S/C8H9BrN2O/c1-11-6(2-4-7(11)9)3-5-8(10)12/h2-5H,1H3,(H2,10,12)/b5-3+. The quantitative estimate of drug-likeness (QED) is 0.763. The molecule has 3 nitrogen and oxygen atoms in total. The number of carbonyl (C=O) groups is 1. The van der Waals surface area contributed by atoms with Crippen molar-refractivity contribution in [1.82, 2.24) is 4.57 Å². The van der Waals surface area contributed by atoms with Crippen LogP contribution in [0.4, 0.5) is 0 Å². The average Bonchev–Trinajstić information content (AvgIpc) is 2.30. The van der Waals surface area contributed by atoms with Crippen LogP contribution in [0.25, 0.3) is 6.08 Å². The van der Waals surface area contributed by atoms with E-state index in [0.717, 1.165) is 10.3 Å². The number of carbonyl (C=O) groups excluding carboxylic acids is 1. The first-order valence-corrected chi connectivity index (χ1v) is 4.19. The van der Waals surface area contributed by atoms with E-state index in [0.29, 0.717) is 0 Å². The molecule has 4 heteroatoms. The summed E-state index contributed by atoms with van der Waals surface area (Å²) in [5, 5.41) is 0. The minimum absolute atomic E-state index is 0.438. The van der Waals surface area contributed by atoms with Crippen LogP contribution in [0, 0.1) is 0 Å². The number of halogens is 1. The summed E-state index contributed by atoms with van der Waals surface area (Å²) in [6, 6.07) is 3.80. The van der Waals surface area contributed by atoms with Gasteiger partial charge in [-0.25, -0.2) is 0 Å². The summed E-state index contributed by atoms with van der Waals surface area (Å²) >= 11 is 3.34. The van der Waals surface area contributed by atoms with Crippen LogP contribution in [0.2, 0.25) is 0 Å². The number of hydrogen-bond donors (Lipinski definition) is 1. The SMILES string of the molecule is Cn1c(Br)ccc1/C=C/C(N)=O. The van der Waals surface area contributed by atoms with Crippen LogP contribution in [0.1, 0.15) is 5.69 Å². The zero-order valence-electron chi connectivity index (χ0n) is 6.62. The van der Waals surface area contributed by atoms with Gasteiger partial charge in [0.25, 0.3) is 0 Å². The zero-order valence-corrected chi connectivity index (χ0v) is 8.21. The second kappa shape index (κ2) is 3.58. The number of nitrogens with zero attached hydrogens (tertiary/aromatic N) is 1. The molecule has 0 bridgehead atoms. The van der Waals surface area contributed by atoms with Crippen LogP contribution < -0.4 is 5.73 Å². The van der Waals surface area contributed by atoms with Crippen molar-refractivity contribution in [2.45, 2.75) is 0 Å². The first kappa shape index (κ1) is 9.06. The lowest BCUT2D eigenvalue weighted by Gasteiger charge is -1.97. The summed E-state index contributed by atoms with van der Waals surface area (Å²) in [5.41, 5.74) is 5.88. The first-order valence-electron chi connectivity index (χ1n) is 3.40. The van der Waals surface area contributed by atoms with Gasteiger partial charge in [0.2, 0.25) is 5.91 Å². The lowest BCUT2D eigenvalue weighted by molar-refractivity contribution is -0.113. The van der Waals surface area contributed by atoms with E-state index >= 15 is 0 Å². The Kier molecular flexibility index (Phi) is 2.70. The topological polar surface area (TPSA) is 48.0 Å². The van der Waals surface area contributed by atoms with E-state index in [4.69, 9.17) is 5.73 Å². The van der Waals surface area contributed by atoms with E-state index in [-0.39, 0.29) is 0 Å². The smallest absolute Gasteiger partial charge is 0.241 e. The van der Waals surface area contributed by atoms with Gasteiger partial charge in [0.05, 0.1) is 4.60 Å². The molecule has 0 spiro atoms. The van der Waals surface area contributed by atoms with Crippen molar-refractivity contribution in [2.75, 3.05) is 0 Å². The van der Waals surface area contributed by atoms with Crippen LogP contribution in [0.15, 0.2) is 22.8 Å². The molecule has 0 saturated heterocycles. The van der Waals surface area contributed by atoms with E-state index in [9.17, 15) is 4.79 Å². The fourth-order valence-corrected chi connectivity index (χ4v) is 1.17. The number of rotatable bonds is 2. The molecule has 0 radical (unpaired) electrons. The van der Waals surface area contributed by atoms with Crippen LogP contribution in [0.3, 0.4) is 0 Å². The molecule has 2 N–H and O–H groups in total. The third-order valence-electron chi connectivity index (χ3n) is 1.52. The average molecular weight is 229 g/mol. The van der Waals surface area contributed by atoms with Crippen LogP contribution in [-0.2, 0) is 11.8 Å². The van der Waals surface area contributed by atoms with Crippen LogP contribution >= 0.6 is 15.9 Å². The molecular weight excluding hydrogens is 220 g/mol. The molecule has 0 fully saturated rings. The maximum Gasteiger partial charge on any atom is 0.241 e. The fourth-order valence-electron chi connectivity index (χ4n) is 0.836. The molecule has 0 aliphatic heterocycles. The minimum atomic E-state index is -0.438. The Morgan fingerprint density at radius 3 is 2.75 bits per heavy atom. The predicted molar refractivity (Wildman–Crippen MR) is 51.3 cm³/mol. The summed E-state index contributed by atoms with van der Waals surface area (Å²) in [5.74, 6) is -0.438. The van der Waals surface area contributed by atoms with Crippen LogP contribution in [0.5, 0.6) is 0 Å². The van der Waals surface area contributed by atoms with Gasteiger partial charge >= 0.3 is 0 Å². The van der Waals surface area contributed by atoms with Gasteiger partial charge < -0.3 is 10.3 Å². The lowest BCUT2D eigenvalue weighted by Crippen LogP contribution is -2.05. The summed E-state index contributed by atoms with van der Waals surface area (Å²) in [4.78, 5) is 10.4. The number of hydrogen-bond acceptors (Lipinski definition) is 1. The van der Waals surface area contributed by atoms with Crippen molar-refractivity contribution < 1.29 is 4.79 Å². The van der Waals surface area contributed by atoms with Crippen molar-refractivity contribution in [2.24, 2.45) is 12.8 Å². The highest BCUT2D eigenvalue weighted by atomic mass is 79.9. The highest BCUT2D eigenvalue weighted by Gasteiger charge is 1.97. The van der Waals surface area contributed by atoms with Crippen molar-refractivity contribution in [1.29, 1.82) is 0 Å². The van der Waals surface area contributed by atoms with Gasteiger partial charge in [0, 0.05) is 18.8 Å². The maximum atomic E-state index is 10.4. The Morgan fingerprint density at radius 2 is 2.33 bits per heavy atom. The third-order valence-corrected chi connectivity index (χ3v) is 2.31. The zero-order chi connectivity index (χ0) is 9.14. The monoisotopic (exact) mass is 228 g/mol. The van der Waals surface area contributed by atoms with Gasteiger partial charge in [0.1, 0.15) is 0 Å². The van der Waals surface area contributed by atoms with Crippen molar-refractivity contribution in [3.8, 4) is 0 Å². The second-order valence-electron chi connectivity index (χ2n) is 2.38. The molecule has 1 heterocycles. The second-order valence-corrected chi connectivity index (χ2v) is 3.19. The van der Waals surface area contributed by atoms with E-state index < -0.39 is 5.91 Å². The molecule has 64 valence electrons. The van der Waals surface area contributed by atoms with Crippen LogP contribution in [-0.4, -0.2) is 10.5 Å². The molecule has 12 heavy (non-hydrogen) atoms. The highest BCUT2D eigenvalue weighted by molar-refractivity contribution is 9.10. The van der Waals surface area contributed by atoms with E-state index in [1.54, 1.807) is 6.08 Å². The number of nitrogens with two attached hydrogens (primary N) is 1. The van der Waals surface area contributed by atoms with E-state index in [2.05, 4.69) is 15.9 Å². The predicted octanol–water partition coefficient (Wildman–Crippen LogP) is 1.29. The molecule has 0 aliphatic rings. The third kappa shape index (κ3) is 1.98. The van der Waals surface area contributed by atoms with E-state index in [1.165, 1.54) is 6.08 Å². The summed E-state index contributed by atoms with van der Waals surface area (Å²) < 4.78 is 2.87. The number of aromatic nitrogens is 1. The molecule has 0 atom stereocenters. The Balaban J connectivity index is 2.90. The molecular formula is C8H9BrN2O. The first-order chi connectivity index (χ1) is 5.61. The molecule has 0 unspecified atom stereocenters. The molecule has 1 aromatic rings. The van der Waals surface area contributed by atoms with Gasteiger partial charge in [-0.15, -0.1) is 0 Å². The molecule has 1 aromatic heterocycles. The van der Waals surface area contributed by atoms with Crippen molar-refractivity contribution in [3.63, 3.8) is 0 Å². The van der Waals surface area contributed by atoms with Gasteiger partial charge in [-0.2, -0.15) is 0 Å². The van der Waals surface area contributed by atoms with Crippen molar-refractivity contribution >= 4 is 27.9 Å². The highest BCUT2D eigenvalue weighted by Crippen LogP contribution is 2.14. The summed E-state index contributed by atoms with van der Waals surface area (Å²) in [6.07, 6.45) is 3.01. The van der Waals surface area contributed by atoms with Crippen molar-refractivity contribution in [3.05, 3.63) is 28.5 Å². The number of amides is 1. The maximum absolute atomic E-state index is 10.4.